The van der Waals surface area contributed by atoms with Crippen LogP contribution in [0.2, 0.25) is 0 Å². The largest absolute Gasteiger partial charge is 0.469 e. The fourth-order valence-electron chi connectivity index (χ4n) is 1.98. The number of carbonyl (C=O) groups is 1. The van der Waals surface area contributed by atoms with Crippen molar-refractivity contribution >= 4 is 16.0 Å². The summed E-state index contributed by atoms with van der Waals surface area (Å²) in [4.78, 5) is 10.9. The zero-order chi connectivity index (χ0) is 12.9. The summed E-state index contributed by atoms with van der Waals surface area (Å²) in [6, 6.07) is -0.293. The Morgan fingerprint density at radius 2 is 2.24 bits per heavy atom. The predicted molar refractivity (Wildman–Crippen MR) is 61.9 cm³/mol. The monoisotopic (exact) mass is 265 g/mol. The van der Waals surface area contributed by atoms with Crippen molar-refractivity contribution in [3.8, 4) is 0 Å². The van der Waals surface area contributed by atoms with Crippen LogP contribution < -0.4 is 0 Å². The highest BCUT2D eigenvalue weighted by molar-refractivity contribution is 7.89. The first-order valence-electron chi connectivity index (χ1n) is 5.68. The fourth-order valence-corrected chi connectivity index (χ4v) is 3.75. The Labute approximate surface area is 102 Å². The van der Waals surface area contributed by atoms with Gasteiger partial charge in [0, 0.05) is 19.0 Å². The van der Waals surface area contributed by atoms with Gasteiger partial charge >= 0.3 is 5.97 Å². The van der Waals surface area contributed by atoms with Gasteiger partial charge in [-0.05, 0) is 19.3 Å². The molecule has 1 fully saturated rings. The van der Waals surface area contributed by atoms with Gasteiger partial charge in [0.25, 0.3) is 0 Å². The number of esters is 1. The molecule has 1 aliphatic rings. The quantitative estimate of drug-likeness (QED) is 0.668. The molecule has 17 heavy (non-hydrogen) atoms. The maximum absolute atomic E-state index is 11.9. The van der Waals surface area contributed by atoms with Gasteiger partial charge in [-0.3, -0.25) is 4.79 Å². The first-order valence-corrected chi connectivity index (χ1v) is 7.29. The number of aliphatic hydroxyl groups excluding tert-OH is 1. The van der Waals surface area contributed by atoms with Gasteiger partial charge in [0.1, 0.15) is 0 Å². The normalized spacial score (nSPS) is 21.6. The average molecular weight is 265 g/mol. The van der Waals surface area contributed by atoms with Crippen LogP contribution in [-0.4, -0.2) is 55.9 Å². The minimum absolute atomic E-state index is 0.0708. The number of hydrogen-bond acceptors (Lipinski definition) is 5. The maximum atomic E-state index is 11.9. The molecule has 0 amide bonds. The van der Waals surface area contributed by atoms with Crippen LogP contribution in [-0.2, 0) is 19.6 Å². The van der Waals surface area contributed by atoms with Crippen molar-refractivity contribution in [2.24, 2.45) is 0 Å². The van der Waals surface area contributed by atoms with Crippen molar-refractivity contribution in [1.82, 2.24) is 4.31 Å². The second-order valence-electron chi connectivity index (χ2n) is 4.09. The highest BCUT2D eigenvalue weighted by atomic mass is 32.2. The SMILES string of the molecule is COC(=O)CCCS(=O)(=O)N1CCC[C@H]1CO. The summed E-state index contributed by atoms with van der Waals surface area (Å²) < 4.78 is 29.7. The first kappa shape index (κ1) is 14.4. The van der Waals surface area contributed by atoms with E-state index in [1.165, 1.54) is 11.4 Å². The molecule has 100 valence electrons. The topological polar surface area (TPSA) is 83.9 Å². The second kappa shape index (κ2) is 6.32. The molecule has 0 aromatic carbocycles. The number of carbonyl (C=O) groups excluding carboxylic acids is 1. The summed E-state index contributed by atoms with van der Waals surface area (Å²) in [6.07, 6.45) is 1.84. The Morgan fingerprint density at radius 1 is 1.53 bits per heavy atom. The lowest BCUT2D eigenvalue weighted by molar-refractivity contribution is -0.140. The van der Waals surface area contributed by atoms with E-state index in [1.54, 1.807) is 0 Å². The van der Waals surface area contributed by atoms with Crippen LogP contribution in [0.25, 0.3) is 0 Å². The number of rotatable bonds is 6. The molecule has 0 aromatic heterocycles. The smallest absolute Gasteiger partial charge is 0.305 e. The number of nitrogens with zero attached hydrogens (tertiary/aromatic N) is 1. The van der Waals surface area contributed by atoms with Crippen LogP contribution in [0.3, 0.4) is 0 Å². The second-order valence-corrected chi connectivity index (χ2v) is 6.13. The zero-order valence-electron chi connectivity index (χ0n) is 9.96. The van der Waals surface area contributed by atoms with Crippen molar-refractivity contribution in [3.63, 3.8) is 0 Å². The molecule has 1 aliphatic heterocycles. The molecule has 0 radical (unpaired) electrons. The molecule has 7 heteroatoms. The van der Waals surface area contributed by atoms with E-state index < -0.39 is 16.0 Å². The lowest BCUT2D eigenvalue weighted by atomic mass is 10.2. The van der Waals surface area contributed by atoms with E-state index in [0.717, 1.165) is 6.42 Å². The van der Waals surface area contributed by atoms with E-state index in [1.807, 2.05) is 0 Å². The summed E-state index contributed by atoms with van der Waals surface area (Å²) in [6.45, 7) is 0.321. The fraction of sp³-hybridized carbons (Fsp3) is 0.900. The van der Waals surface area contributed by atoms with Gasteiger partial charge in [0.05, 0.1) is 19.5 Å². The Balaban J connectivity index is 2.48. The molecule has 1 atom stereocenters. The molecule has 6 nitrogen and oxygen atoms in total. The van der Waals surface area contributed by atoms with Gasteiger partial charge in [0.2, 0.25) is 10.0 Å². The summed E-state index contributed by atoms with van der Waals surface area (Å²) in [5.74, 6) is -0.473. The Kier molecular flexibility index (Phi) is 5.35. The molecule has 1 heterocycles. The highest BCUT2D eigenvalue weighted by Gasteiger charge is 2.33. The predicted octanol–water partition coefficient (Wildman–Crippen LogP) is -0.274. The van der Waals surface area contributed by atoms with E-state index in [0.29, 0.717) is 13.0 Å². The Bertz CT molecular complexity index is 354. The average Bonchev–Trinajstić information content (AvgIpc) is 2.77. The number of sulfonamides is 1. The van der Waals surface area contributed by atoms with Gasteiger partial charge in [0.15, 0.2) is 0 Å². The van der Waals surface area contributed by atoms with Crippen molar-refractivity contribution < 1.29 is 23.1 Å². The molecule has 1 saturated heterocycles. The molecule has 0 spiro atoms. The van der Waals surface area contributed by atoms with E-state index in [9.17, 15) is 13.2 Å². The van der Waals surface area contributed by atoms with E-state index >= 15 is 0 Å². The summed E-state index contributed by atoms with van der Waals surface area (Å²) >= 11 is 0. The standard InChI is InChI=1S/C10H19NO5S/c1-16-10(13)5-3-7-17(14,15)11-6-2-4-9(11)8-12/h9,12H,2-8H2,1H3/t9-/m0/s1. The summed E-state index contributed by atoms with van der Waals surface area (Å²) in [5, 5.41) is 9.07. The molecule has 0 aliphatic carbocycles. The van der Waals surface area contributed by atoms with Gasteiger partial charge in [-0.15, -0.1) is 0 Å². The highest BCUT2D eigenvalue weighted by Crippen LogP contribution is 2.21. The molecular formula is C10H19NO5S. The first-order chi connectivity index (χ1) is 8.01. The van der Waals surface area contributed by atoms with Crippen LogP contribution in [0.1, 0.15) is 25.7 Å². The van der Waals surface area contributed by atoms with Crippen LogP contribution in [0.15, 0.2) is 0 Å². The van der Waals surface area contributed by atoms with Gasteiger partial charge in [-0.1, -0.05) is 0 Å². The molecule has 0 unspecified atom stereocenters. The van der Waals surface area contributed by atoms with Crippen molar-refractivity contribution in [3.05, 3.63) is 0 Å². The Morgan fingerprint density at radius 3 is 2.82 bits per heavy atom. The van der Waals surface area contributed by atoms with Crippen LogP contribution in [0, 0.1) is 0 Å². The van der Waals surface area contributed by atoms with E-state index in [2.05, 4.69) is 4.74 Å². The molecule has 0 aromatic rings. The molecule has 0 saturated carbocycles. The number of hydrogen-bond donors (Lipinski definition) is 1. The van der Waals surface area contributed by atoms with Gasteiger partial charge < -0.3 is 9.84 Å². The van der Waals surface area contributed by atoms with Crippen molar-refractivity contribution in [1.29, 1.82) is 0 Å². The third-order valence-electron chi connectivity index (χ3n) is 2.90. The zero-order valence-corrected chi connectivity index (χ0v) is 10.8. The van der Waals surface area contributed by atoms with Gasteiger partial charge in [-0.2, -0.15) is 4.31 Å². The van der Waals surface area contributed by atoms with Crippen LogP contribution >= 0.6 is 0 Å². The lowest BCUT2D eigenvalue weighted by Crippen LogP contribution is -2.39. The molecule has 1 N–H and O–H groups in total. The third kappa shape index (κ3) is 3.93. The minimum atomic E-state index is -3.36. The molecule has 0 bridgehead atoms. The lowest BCUT2D eigenvalue weighted by Gasteiger charge is -2.22. The Hall–Kier alpha value is -0.660. The van der Waals surface area contributed by atoms with Crippen LogP contribution in [0.4, 0.5) is 0 Å². The summed E-state index contributed by atoms with van der Waals surface area (Å²) in [7, 11) is -2.08. The van der Waals surface area contributed by atoms with Crippen molar-refractivity contribution in [2.45, 2.75) is 31.7 Å². The minimum Gasteiger partial charge on any atom is -0.469 e. The van der Waals surface area contributed by atoms with E-state index in [-0.39, 0.29) is 31.2 Å². The van der Waals surface area contributed by atoms with Gasteiger partial charge in [-0.25, -0.2) is 8.42 Å². The summed E-state index contributed by atoms with van der Waals surface area (Å²) in [5.41, 5.74) is 0. The number of ether oxygens (including phenoxy) is 1. The maximum Gasteiger partial charge on any atom is 0.305 e. The van der Waals surface area contributed by atoms with Crippen molar-refractivity contribution in [2.75, 3.05) is 26.0 Å². The molecular weight excluding hydrogens is 246 g/mol. The van der Waals surface area contributed by atoms with Crippen LogP contribution in [0.5, 0.6) is 0 Å². The molecule has 1 rings (SSSR count). The third-order valence-corrected chi connectivity index (χ3v) is 4.90. The van der Waals surface area contributed by atoms with E-state index in [4.69, 9.17) is 5.11 Å². The number of aliphatic hydroxyl groups is 1. The number of methoxy groups -OCH3 is 1.